The minimum absolute atomic E-state index is 0.403. The molecule has 4 nitrogen and oxygen atoms in total. The Morgan fingerprint density at radius 2 is 1.74 bits per heavy atom. The van der Waals surface area contributed by atoms with Gasteiger partial charge in [0.2, 0.25) is 5.91 Å². The van der Waals surface area contributed by atoms with Gasteiger partial charge in [0.15, 0.2) is 0 Å². The molecule has 23 heavy (non-hydrogen) atoms. The van der Waals surface area contributed by atoms with Crippen molar-refractivity contribution in [2.24, 2.45) is 11.5 Å². The van der Waals surface area contributed by atoms with Crippen molar-refractivity contribution in [2.45, 2.75) is 19.4 Å². The topological polar surface area (TPSA) is 82.0 Å². The second-order valence-corrected chi connectivity index (χ2v) is 6.25. The lowest BCUT2D eigenvalue weighted by atomic mass is 9.91. The molecule has 1 heterocycles. The first kappa shape index (κ1) is 15.2. The molecule has 0 atom stereocenters. The van der Waals surface area contributed by atoms with Crippen LogP contribution in [0.15, 0.2) is 54.9 Å². The minimum Gasteiger partial charge on any atom is -0.366 e. The highest BCUT2D eigenvalue weighted by Gasteiger charge is 2.16. The highest BCUT2D eigenvalue weighted by atomic mass is 16.1. The predicted molar refractivity (Wildman–Crippen MR) is 92.9 cm³/mol. The molecule has 0 saturated heterocycles. The summed E-state index contributed by atoms with van der Waals surface area (Å²) in [6.07, 6.45) is 3.39. The maximum atomic E-state index is 12.0. The molecule has 2 aromatic carbocycles. The van der Waals surface area contributed by atoms with Crippen LogP contribution in [0.4, 0.5) is 0 Å². The minimum atomic E-state index is -0.444. The number of rotatable bonds is 3. The van der Waals surface area contributed by atoms with Crippen molar-refractivity contribution in [3.63, 3.8) is 0 Å². The van der Waals surface area contributed by atoms with E-state index < -0.39 is 11.4 Å². The Balaban J connectivity index is 2.20. The van der Waals surface area contributed by atoms with Gasteiger partial charge in [0.25, 0.3) is 0 Å². The Morgan fingerprint density at radius 1 is 1.04 bits per heavy atom. The fourth-order valence-electron chi connectivity index (χ4n) is 2.75. The van der Waals surface area contributed by atoms with E-state index >= 15 is 0 Å². The summed E-state index contributed by atoms with van der Waals surface area (Å²) in [5.41, 5.74) is 14.7. The van der Waals surface area contributed by atoms with Gasteiger partial charge in [-0.15, -0.1) is 0 Å². The summed E-state index contributed by atoms with van der Waals surface area (Å²) in [4.78, 5) is 16.1. The first-order valence-corrected chi connectivity index (χ1v) is 7.44. The number of hydrogen-bond donors (Lipinski definition) is 2. The Kier molecular flexibility index (Phi) is 3.62. The molecule has 1 amide bonds. The number of primary amides is 1. The van der Waals surface area contributed by atoms with Gasteiger partial charge in [-0.25, -0.2) is 0 Å². The fourth-order valence-corrected chi connectivity index (χ4v) is 2.75. The monoisotopic (exact) mass is 305 g/mol. The summed E-state index contributed by atoms with van der Waals surface area (Å²) in [6, 6.07) is 13.6. The molecule has 3 rings (SSSR count). The average Bonchev–Trinajstić information content (AvgIpc) is 2.53. The van der Waals surface area contributed by atoms with Crippen molar-refractivity contribution in [1.29, 1.82) is 0 Å². The Morgan fingerprint density at radius 3 is 2.35 bits per heavy atom. The quantitative estimate of drug-likeness (QED) is 0.779. The van der Waals surface area contributed by atoms with E-state index in [4.69, 9.17) is 11.5 Å². The lowest BCUT2D eigenvalue weighted by molar-refractivity contribution is 0.100. The summed E-state index contributed by atoms with van der Waals surface area (Å²) in [7, 11) is 0. The molecule has 4 heteroatoms. The van der Waals surface area contributed by atoms with Crippen LogP contribution in [0.3, 0.4) is 0 Å². The summed E-state index contributed by atoms with van der Waals surface area (Å²) >= 11 is 0. The van der Waals surface area contributed by atoms with Gasteiger partial charge in [-0.3, -0.25) is 9.78 Å². The van der Waals surface area contributed by atoms with Gasteiger partial charge in [-0.2, -0.15) is 0 Å². The molecule has 0 aliphatic rings. The zero-order valence-electron chi connectivity index (χ0n) is 13.2. The number of pyridine rings is 1. The van der Waals surface area contributed by atoms with Crippen LogP contribution in [0.1, 0.15) is 29.8 Å². The van der Waals surface area contributed by atoms with E-state index in [0.717, 1.165) is 27.5 Å². The first-order chi connectivity index (χ1) is 10.9. The van der Waals surface area contributed by atoms with Crippen molar-refractivity contribution in [2.75, 3.05) is 0 Å². The second kappa shape index (κ2) is 5.48. The Bertz CT molecular complexity index is 877. The fraction of sp³-hybridized carbons (Fsp3) is 0.158. The van der Waals surface area contributed by atoms with E-state index in [-0.39, 0.29) is 0 Å². The number of aromatic nitrogens is 1. The van der Waals surface area contributed by atoms with Gasteiger partial charge in [0.1, 0.15) is 0 Å². The van der Waals surface area contributed by atoms with Crippen molar-refractivity contribution >= 4 is 16.7 Å². The van der Waals surface area contributed by atoms with Crippen molar-refractivity contribution in [3.8, 4) is 11.1 Å². The zero-order valence-corrected chi connectivity index (χ0v) is 13.2. The van der Waals surface area contributed by atoms with Gasteiger partial charge < -0.3 is 11.5 Å². The molecule has 0 bridgehead atoms. The number of carbonyl (C=O) groups is 1. The van der Waals surface area contributed by atoms with E-state index in [9.17, 15) is 4.79 Å². The average molecular weight is 305 g/mol. The lowest BCUT2D eigenvalue weighted by Crippen LogP contribution is -2.28. The van der Waals surface area contributed by atoms with E-state index in [0.29, 0.717) is 5.56 Å². The van der Waals surface area contributed by atoms with Crippen molar-refractivity contribution in [1.82, 2.24) is 4.98 Å². The van der Waals surface area contributed by atoms with Gasteiger partial charge in [-0.1, -0.05) is 36.4 Å². The summed E-state index contributed by atoms with van der Waals surface area (Å²) in [6.45, 7) is 3.92. The number of fused-ring (bicyclic) bond motifs is 1. The van der Waals surface area contributed by atoms with Crippen LogP contribution in [0.2, 0.25) is 0 Å². The molecule has 0 unspecified atom stereocenters. The number of hydrogen-bond acceptors (Lipinski definition) is 3. The van der Waals surface area contributed by atoms with Gasteiger partial charge >= 0.3 is 0 Å². The molecule has 116 valence electrons. The standard InChI is InChI=1S/C19H19N3O/c1-19(2,21)14-6-3-12(4-7-14)15-8-5-13-11-22-10-9-16(13)17(15)18(20)23/h3-11H,21H2,1-2H3,(H2,20,23). The number of nitrogens with zero attached hydrogens (tertiary/aromatic N) is 1. The molecule has 0 saturated carbocycles. The van der Waals surface area contributed by atoms with Gasteiger partial charge in [0, 0.05) is 23.3 Å². The highest BCUT2D eigenvalue weighted by molar-refractivity contribution is 6.11. The molecular formula is C19H19N3O. The second-order valence-electron chi connectivity index (χ2n) is 6.25. The number of amides is 1. The predicted octanol–water partition coefficient (Wildman–Crippen LogP) is 3.19. The van der Waals surface area contributed by atoms with Crippen molar-refractivity contribution < 1.29 is 4.79 Å². The number of benzene rings is 2. The molecule has 0 radical (unpaired) electrons. The van der Waals surface area contributed by atoms with Crippen LogP contribution in [0, 0.1) is 0 Å². The van der Waals surface area contributed by atoms with Crippen LogP contribution >= 0.6 is 0 Å². The van der Waals surface area contributed by atoms with E-state index in [2.05, 4.69) is 4.98 Å². The normalized spacial score (nSPS) is 11.6. The molecule has 4 N–H and O–H groups in total. The highest BCUT2D eigenvalue weighted by Crippen LogP contribution is 2.31. The van der Waals surface area contributed by atoms with Crippen molar-refractivity contribution in [3.05, 3.63) is 66.0 Å². The summed E-state index contributed by atoms with van der Waals surface area (Å²) < 4.78 is 0. The Hall–Kier alpha value is -2.72. The van der Waals surface area contributed by atoms with Crippen LogP contribution in [0.5, 0.6) is 0 Å². The van der Waals surface area contributed by atoms with E-state index in [1.165, 1.54) is 0 Å². The summed E-state index contributed by atoms with van der Waals surface area (Å²) in [5, 5.41) is 1.71. The van der Waals surface area contributed by atoms with Gasteiger partial charge in [0.05, 0.1) is 5.56 Å². The van der Waals surface area contributed by atoms with Crippen LogP contribution in [-0.4, -0.2) is 10.9 Å². The van der Waals surface area contributed by atoms with Gasteiger partial charge in [-0.05, 0) is 42.0 Å². The van der Waals surface area contributed by atoms with Crippen LogP contribution in [0.25, 0.3) is 21.9 Å². The van der Waals surface area contributed by atoms with Crippen LogP contribution in [-0.2, 0) is 5.54 Å². The van der Waals surface area contributed by atoms with E-state index in [1.54, 1.807) is 12.4 Å². The van der Waals surface area contributed by atoms with E-state index in [1.807, 2.05) is 56.3 Å². The summed E-state index contributed by atoms with van der Waals surface area (Å²) in [5.74, 6) is -0.444. The first-order valence-electron chi connectivity index (χ1n) is 7.44. The third-order valence-corrected chi connectivity index (χ3v) is 4.01. The largest absolute Gasteiger partial charge is 0.366 e. The lowest BCUT2D eigenvalue weighted by Gasteiger charge is -2.19. The smallest absolute Gasteiger partial charge is 0.249 e. The Labute approximate surface area is 135 Å². The third kappa shape index (κ3) is 2.81. The van der Waals surface area contributed by atoms with Crippen LogP contribution < -0.4 is 11.5 Å². The maximum absolute atomic E-state index is 12.0. The number of nitrogens with two attached hydrogens (primary N) is 2. The number of carbonyl (C=O) groups excluding carboxylic acids is 1. The molecule has 0 aliphatic heterocycles. The molecular weight excluding hydrogens is 286 g/mol. The SMILES string of the molecule is CC(C)(N)c1ccc(-c2ccc3cnccc3c2C(N)=O)cc1. The molecule has 3 aromatic rings. The molecule has 0 spiro atoms. The molecule has 1 aromatic heterocycles. The third-order valence-electron chi connectivity index (χ3n) is 4.01. The zero-order chi connectivity index (χ0) is 16.6. The molecule has 0 aliphatic carbocycles. The maximum Gasteiger partial charge on any atom is 0.249 e. The molecule has 0 fully saturated rings.